The lowest BCUT2D eigenvalue weighted by Crippen LogP contribution is -2.54. The number of benzene rings is 3. The van der Waals surface area contributed by atoms with Gasteiger partial charge in [0.15, 0.2) is 0 Å². The third-order valence-corrected chi connectivity index (χ3v) is 12.1. The fourth-order valence-corrected chi connectivity index (χ4v) is 8.95. The Kier molecular flexibility index (Phi) is 10.7. The third kappa shape index (κ3) is 7.55. The number of nitrogens with one attached hydrogen (secondary N) is 1. The van der Waals surface area contributed by atoms with Crippen LogP contribution in [0.25, 0.3) is 0 Å². The highest BCUT2D eigenvalue weighted by atomic mass is 35.5. The zero-order valence-electron chi connectivity index (χ0n) is 31.1. The maximum atomic E-state index is 13.6. The Hall–Kier alpha value is -5.45. The molecule has 0 bridgehead atoms. The number of hydrogen-bond acceptors (Lipinski definition) is 10. The number of rotatable bonds is 8. The van der Waals surface area contributed by atoms with Gasteiger partial charge in [0.1, 0.15) is 24.0 Å². The van der Waals surface area contributed by atoms with Crippen LogP contribution in [0, 0.1) is 17.2 Å². The molecule has 290 valence electrons. The number of imide groups is 2. The molecule has 14 heteroatoms. The summed E-state index contributed by atoms with van der Waals surface area (Å²) in [5.41, 5.74) is 3.56. The largest absolute Gasteiger partial charge is 0.489 e. The first kappa shape index (κ1) is 37.5. The van der Waals surface area contributed by atoms with E-state index in [4.69, 9.17) is 21.6 Å². The smallest absolute Gasteiger partial charge is 0.264 e. The Labute approximate surface area is 330 Å². The molecule has 3 aromatic carbocycles. The standard InChI is InChI=1S/C42H44ClN7O6/c43-34-23-31(11-8-29(34)24-44)56-32-3-2-16-49(26-32)40(53)28-6-9-30(10-7-28)47-21-19-46(20-22-47)25-27-14-17-48(18-15-27)35-5-1-4-33-38(35)42(55)50(41(33)54)36-12-13-37(51)45-39(36)52/h1,4-11,23,27,32,36H,2-3,12-22,25-26H2,(H,45,51,52). The first-order valence-electron chi connectivity index (χ1n) is 19.5. The molecule has 2 atom stereocenters. The number of fused-ring (bicyclic) bond motifs is 1. The van der Waals surface area contributed by atoms with E-state index in [1.165, 1.54) is 0 Å². The monoisotopic (exact) mass is 777 g/mol. The average Bonchev–Trinajstić information content (AvgIpc) is 3.47. The van der Waals surface area contributed by atoms with Gasteiger partial charge in [-0.3, -0.25) is 39.1 Å². The first-order valence-corrected chi connectivity index (χ1v) is 19.9. The summed E-state index contributed by atoms with van der Waals surface area (Å²) in [7, 11) is 0. The highest BCUT2D eigenvalue weighted by molar-refractivity contribution is 6.31. The molecule has 56 heavy (non-hydrogen) atoms. The van der Waals surface area contributed by atoms with Crippen molar-refractivity contribution in [2.24, 2.45) is 5.92 Å². The van der Waals surface area contributed by atoms with E-state index >= 15 is 0 Å². The minimum atomic E-state index is -0.980. The highest BCUT2D eigenvalue weighted by Crippen LogP contribution is 2.36. The normalized spacial score (nSPS) is 22.2. The Morgan fingerprint density at radius 1 is 0.857 bits per heavy atom. The second kappa shape index (κ2) is 16.0. The number of anilines is 2. The summed E-state index contributed by atoms with van der Waals surface area (Å²) in [4.78, 5) is 74.6. The van der Waals surface area contributed by atoms with Crippen LogP contribution < -0.4 is 19.9 Å². The van der Waals surface area contributed by atoms with Crippen LogP contribution >= 0.6 is 11.6 Å². The Balaban J connectivity index is 0.800. The molecule has 2 unspecified atom stereocenters. The van der Waals surface area contributed by atoms with Gasteiger partial charge in [0.2, 0.25) is 11.8 Å². The van der Waals surface area contributed by atoms with Crippen LogP contribution in [0.3, 0.4) is 0 Å². The molecule has 5 heterocycles. The molecule has 1 N–H and O–H groups in total. The average molecular weight is 778 g/mol. The summed E-state index contributed by atoms with van der Waals surface area (Å²) < 4.78 is 6.14. The molecular weight excluding hydrogens is 734 g/mol. The number of piperazine rings is 1. The van der Waals surface area contributed by atoms with E-state index in [0.29, 0.717) is 52.0 Å². The zero-order chi connectivity index (χ0) is 38.9. The molecule has 0 saturated carbocycles. The fraction of sp³-hybridized carbons (Fsp3) is 0.429. The molecule has 3 aromatic rings. The van der Waals surface area contributed by atoms with E-state index in [2.05, 4.69) is 26.1 Å². The molecule has 0 aromatic heterocycles. The first-order chi connectivity index (χ1) is 27.2. The van der Waals surface area contributed by atoms with Gasteiger partial charge in [-0.05, 0) is 86.6 Å². The maximum absolute atomic E-state index is 13.6. The third-order valence-electron chi connectivity index (χ3n) is 11.8. The number of piperidine rings is 3. The minimum absolute atomic E-state index is 0.00971. The number of carbonyl (C=O) groups excluding carboxylic acids is 5. The summed E-state index contributed by atoms with van der Waals surface area (Å²) in [6.07, 6.45) is 3.68. The van der Waals surface area contributed by atoms with Crippen LogP contribution in [0.15, 0.2) is 60.7 Å². The molecule has 0 aliphatic carbocycles. The van der Waals surface area contributed by atoms with Gasteiger partial charge in [0, 0.05) is 76.1 Å². The summed E-state index contributed by atoms with van der Waals surface area (Å²) in [6, 6.07) is 19.3. The van der Waals surface area contributed by atoms with Gasteiger partial charge < -0.3 is 19.4 Å². The predicted molar refractivity (Wildman–Crippen MR) is 209 cm³/mol. The van der Waals surface area contributed by atoms with E-state index in [-0.39, 0.29) is 24.9 Å². The number of halogens is 1. The molecule has 4 fully saturated rings. The van der Waals surface area contributed by atoms with Crippen molar-refractivity contribution in [1.29, 1.82) is 5.26 Å². The van der Waals surface area contributed by atoms with Crippen LogP contribution in [-0.2, 0) is 9.59 Å². The predicted octanol–water partition coefficient (Wildman–Crippen LogP) is 4.34. The molecule has 13 nitrogen and oxygen atoms in total. The molecule has 0 radical (unpaired) electrons. The molecule has 8 rings (SSSR count). The van der Waals surface area contributed by atoms with E-state index in [1.807, 2.05) is 35.2 Å². The lowest BCUT2D eigenvalue weighted by molar-refractivity contribution is -0.136. The molecule has 4 saturated heterocycles. The van der Waals surface area contributed by atoms with Crippen molar-refractivity contribution in [3.05, 3.63) is 87.9 Å². The second-order valence-corrected chi connectivity index (χ2v) is 15.7. The minimum Gasteiger partial charge on any atom is -0.489 e. The van der Waals surface area contributed by atoms with E-state index < -0.39 is 29.7 Å². The number of nitrogens with zero attached hydrogens (tertiary/aromatic N) is 6. The SMILES string of the molecule is N#Cc1ccc(OC2CCCN(C(=O)c3ccc(N4CCN(CC5CCN(c6cccc7c6C(=O)N(C6CCC(=O)NC6=O)C7=O)CC5)CC4)cc3)C2)cc1Cl. The summed E-state index contributed by atoms with van der Waals surface area (Å²) in [6.45, 7) is 7.38. The summed E-state index contributed by atoms with van der Waals surface area (Å²) >= 11 is 6.18. The number of carbonyl (C=O) groups is 5. The van der Waals surface area contributed by atoms with Crippen LogP contribution in [0.5, 0.6) is 5.75 Å². The van der Waals surface area contributed by atoms with E-state index in [1.54, 1.807) is 30.3 Å². The topological polar surface area (TPSA) is 147 Å². The molecule has 5 amide bonds. The fourth-order valence-electron chi connectivity index (χ4n) is 8.74. The van der Waals surface area contributed by atoms with Crippen molar-refractivity contribution >= 4 is 52.5 Å². The number of amides is 5. The summed E-state index contributed by atoms with van der Waals surface area (Å²) in [5.74, 6) is -0.848. The van der Waals surface area contributed by atoms with Gasteiger partial charge in [0.05, 0.1) is 33.9 Å². The molecule has 0 spiro atoms. The van der Waals surface area contributed by atoms with Crippen molar-refractivity contribution < 1.29 is 28.7 Å². The van der Waals surface area contributed by atoms with E-state index in [9.17, 15) is 24.0 Å². The zero-order valence-corrected chi connectivity index (χ0v) is 31.9. The molecule has 5 aliphatic heterocycles. The lowest BCUT2D eigenvalue weighted by Gasteiger charge is -2.40. The van der Waals surface area contributed by atoms with Gasteiger partial charge in [-0.2, -0.15) is 5.26 Å². The van der Waals surface area contributed by atoms with Crippen molar-refractivity contribution in [1.82, 2.24) is 20.0 Å². The van der Waals surface area contributed by atoms with Gasteiger partial charge in [-0.1, -0.05) is 17.7 Å². The van der Waals surface area contributed by atoms with Gasteiger partial charge >= 0.3 is 0 Å². The van der Waals surface area contributed by atoms with Gasteiger partial charge in [-0.15, -0.1) is 0 Å². The Morgan fingerprint density at radius 3 is 2.34 bits per heavy atom. The number of nitriles is 1. The van der Waals surface area contributed by atoms with Crippen molar-refractivity contribution in [2.45, 2.75) is 50.7 Å². The highest BCUT2D eigenvalue weighted by Gasteiger charge is 2.46. The number of likely N-dealkylation sites (tertiary alicyclic amines) is 1. The maximum Gasteiger partial charge on any atom is 0.264 e. The quantitative estimate of drug-likeness (QED) is 0.328. The van der Waals surface area contributed by atoms with E-state index in [0.717, 1.165) is 87.8 Å². The van der Waals surface area contributed by atoms with Gasteiger partial charge in [-0.25, -0.2) is 0 Å². The van der Waals surface area contributed by atoms with Crippen LogP contribution in [0.2, 0.25) is 5.02 Å². The Bertz CT molecular complexity index is 2090. The van der Waals surface area contributed by atoms with Crippen molar-refractivity contribution in [3.8, 4) is 11.8 Å². The molecular formula is C42H44ClN7O6. The van der Waals surface area contributed by atoms with Crippen molar-refractivity contribution in [3.63, 3.8) is 0 Å². The van der Waals surface area contributed by atoms with Crippen LogP contribution in [0.4, 0.5) is 11.4 Å². The van der Waals surface area contributed by atoms with Crippen molar-refractivity contribution in [2.75, 3.05) is 68.7 Å². The summed E-state index contributed by atoms with van der Waals surface area (Å²) in [5, 5.41) is 11.8. The molecule has 5 aliphatic rings. The lowest BCUT2D eigenvalue weighted by atomic mass is 9.94. The number of hydrogen-bond donors (Lipinski definition) is 1. The number of ether oxygens (including phenoxy) is 1. The second-order valence-electron chi connectivity index (χ2n) is 15.3. The Morgan fingerprint density at radius 2 is 1.62 bits per heavy atom. The van der Waals surface area contributed by atoms with Crippen LogP contribution in [0.1, 0.15) is 75.2 Å². The van der Waals surface area contributed by atoms with Gasteiger partial charge in [0.25, 0.3) is 17.7 Å². The van der Waals surface area contributed by atoms with Crippen LogP contribution in [-0.4, -0.2) is 115 Å².